The number of hydrogen-bond acceptors (Lipinski definition) is 7. The third-order valence-electron chi connectivity index (χ3n) is 7.04. The molecule has 186 valence electrons. The van der Waals surface area contributed by atoms with Crippen LogP contribution in [0.25, 0.3) is 11.0 Å². The molecule has 2 saturated heterocycles. The van der Waals surface area contributed by atoms with Gasteiger partial charge in [-0.15, -0.1) is 6.42 Å². The molecule has 0 aliphatic carbocycles. The minimum Gasteiger partial charge on any atom is -0.369 e. The van der Waals surface area contributed by atoms with Crippen molar-refractivity contribution in [2.24, 2.45) is 5.92 Å². The van der Waals surface area contributed by atoms with Gasteiger partial charge < -0.3 is 20.0 Å². The molecule has 0 bridgehead atoms. The number of urea groups is 1. The number of hydrogen-bond donors (Lipinski definition) is 1. The normalized spacial score (nSPS) is 18.8. The highest BCUT2D eigenvalue weighted by molar-refractivity contribution is 5.96. The molecule has 36 heavy (non-hydrogen) atoms. The summed E-state index contributed by atoms with van der Waals surface area (Å²) in [5, 5.41) is 3.95. The number of carbonyl (C=O) groups excluding carboxylic acids is 1. The van der Waals surface area contributed by atoms with Crippen LogP contribution in [0.4, 0.5) is 27.9 Å². The first-order chi connectivity index (χ1) is 17.3. The quantitative estimate of drug-likeness (QED) is 0.556. The second-order valence-corrected chi connectivity index (χ2v) is 9.91. The third-order valence-corrected chi connectivity index (χ3v) is 7.04. The molecule has 1 atom stereocenters. The van der Waals surface area contributed by atoms with Crippen molar-refractivity contribution in [3.63, 3.8) is 0 Å². The van der Waals surface area contributed by atoms with Gasteiger partial charge in [0.2, 0.25) is 5.95 Å². The van der Waals surface area contributed by atoms with Crippen LogP contribution in [0.15, 0.2) is 36.5 Å². The van der Waals surface area contributed by atoms with Gasteiger partial charge in [0.15, 0.2) is 5.65 Å². The molecule has 2 amide bonds. The topological polar surface area (TPSA) is 80.7 Å². The molecule has 0 radical (unpaired) electrons. The summed E-state index contributed by atoms with van der Waals surface area (Å²) in [6.07, 6.45) is 7.50. The van der Waals surface area contributed by atoms with Crippen LogP contribution in [0.5, 0.6) is 0 Å². The maximum atomic E-state index is 12.9. The third kappa shape index (κ3) is 4.52. The zero-order chi connectivity index (χ0) is 25.4. The van der Waals surface area contributed by atoms with Crippen LogP contribution in [-0.4, -0.2) is 83.6 Å². The van der Waals surface area contributed by atoms with E-state index in [1.807, 2.05) is 12.1 Å². The Morgan fingerprint density at radius 3 is 2.47 bits per heavy atom. The average molecular weight is 485 g/mol. The standard InChI is InChI=1S/C27H32N8O/c1-6-19-15-24(35-23(18(2)3)17-33(5)27(35)36)30-25-22(19)16-28-26(31-25)29-20-7-9-21(10-8-20)34-13-11-32(4)12-14-34/h1,7-10,15-16,18,23H,11-14,17H2,2-5H3,(H,28,29,30,31). The van der Waals surface area contributed by atoms with Crippen molar-refractivity contribution in [1.82, 2.24) is 24.8 Å². The van der Waals surface area contributed by atoms with Crippen molar-refractivity contribution >= 4 is 40.2 Å². The van der Waals surface area contributed by atoms with Gasteiger partial charge in [-0.05, 0) is 43.3 Å². The van der Waals surface area contributed by atoms with Crippen molar-refractivity contribution in [1.29, 1.82) is 0 Å². The van der Waals surface area contributed by atoms with Gasteiger partial charge in [0.1, 0.15) is 5.82 Å². The van der Waals surface area contributed by atoms with E-state index in [2.05, 4.69) is 64.0 Å². The maximum Gasteiger partial charge on any atom is 0.325 e. The molecule has 3 aromatic rings. The number of rotatable bonds is 5. The molecule has 5 rings (SSSR count). The minimum atomic E-state index is -0.0867. The van der Waals surface area contributed by atoms with Crippen LogP contribution >= 0.6 is 0 Å². The molecule has 9 heteroatoms. The minimum absolute atomic E-state index is 0.0105. The number of nitrogens with one attached hydrogen (secondary N) is 1. The van der Waals surface area contributed by atoms with Gasteiger partial charge >= 0.3 is 6.03 Å². The Morgan fingerprint density at radius 1 is 1.08 bits per heavy atom. The first-order valence-electron chi connectivity index (χ1n) is 12.3. The molecule has 1 unspecified atom stereocenters. The molecule has 0 saturated carbocycles. The lowest BCUT2D eigenvalue weighted by Crippen LogP contribution is -2.44. The first kappa shape index (κ1) is 23.8. The summed E-state index contributed by atoms with van der Waals surface area (Å²) in [7, 11) is 3.96. The number of amides is 2. The Kier molecular flexibility index (Phi) is 6.37. The van der Waals surface area contributed by atoms with E-state index >= 15 is 0 Å². The molecule has 4 heterocycles. The number of aromatic nitrogens is 3. The summed E-state index contributed by atoms with van der Waals surface area (Å²) >= 11 is 0. The number of pyridine rings is 1. The van der Waals surface area contributed by atoms with Crippen LogP contribution in [0, 0.1) is 18.3 Å². The summed E-state index contributed by atoms with van der Waals surface area (Å²) in [6, 6.07) is 10.00. The molecular formula is C27H32N8O. The van der Waals surface area contributed by atoms with Gasteiger partial charge in [-0.1, -0.05) is 19.8 Å². The van der Waals surface area contributed by atoms with Gasteiger partial charge in [0.05, 0.1) is 11.4 Å². The van der Waals surface area contributed by atoms with E-state index < -0.39 is 0 Å². The van der Waals surface area contributed by atoms with Crippen LogP contribution < -0.4 is 15.1 Å². The van der Waals surface area contributed by atoms with Crippen molar-refractivity contribution in [3.05, 3.63) is 42.1 Å². The van der Waals surface area contributed by atoms with Crippen molar-refractivity contribution in [2.45, 2.75) is 19.9 Å². The van der Waals surface area contributed by atoms with E-state index in [0.29, 0.717) is 34.9 Å². The second-order valence-electron chi connectivity index (χ2n) is 9.91. The Bertz CT molecular complexity index is 1310. The molecule has 0 spiro atoms. The highest BCUT2D eigenvalue weighted by Gasteiger charge is 2.39. The number of piperazine rings is 1. The number of terminal acetylenes is 1. The summed E-state index contributed by atoms with van der Waals surface area (Å²) in [4.78, 5) is 35.0. The van der Waals surface area contributed by atoms with Gasteiger partial charge in [-0.2, -0.15) is 4.98 Å². The molecule has 2 aliphatic heterocycles. The zero-order valence-corrected chi connectivity index (χ0v) is 21.3. The van der Waals surface area contributed by atoms with Crippen molar-refractivity contribution < 1.29 is 4.79 Å². The molecule has 2 fully saturated rings. The van der Waals surface area contributed by atoms with Crippen LogP contribution in [0.2, 0.25) is 0 Å². The Labute approximate surface area is 212 Å². The van der Waals surface area contributed by atoms with E-state index in [1.165, 1.54) is 5.69 Å². The fourth-order valence-corrected chi connectivity index (χ4v) is 4.79. The van der Waals surface area contributed by atoms with Crippen molar-refractivity contribution in [2.75, 3.05) is 61.9 Å². The fraction of sp³-hybridized carbons (Fsp3) is 0.407. The lowest BCUT2D eigenvalue weighted by atomic mass is 10.0. The summed E-state index contributed by atoms with van der Waals surface area (Å²) in [5.74, 6) is 3.92. The summed E-state index contributed by atoms with van der Waals surface area (Å²) in [5.41, 5.74) is 3.16. The average Bonchev–Trinajstić information content (AvgIpc) is 3.18. The number of nitrogens with zero attached hydrogens (tertiary/aromatic N) is 7. The number of benzene rings is 1. The lowest BCUT2D eigenvalue weighted by Gasteiger charge is -2.34. The number of likely N-dealkylation sites (N-methyl/N-ethyl adjacent to an activating group) is 2. The smallest absolute Gasteiger partial charge is 0.325 e. The number of anilines is 4. The Morgan fingerprint density at radius 2 is 1.81 bits per heavy atom. The van der Waals surface area contributed by atoms with Crippen LogP contribution in [0.3, 0.4) is 0 Å². The second kappa shape index (κ2) is 9.63. The van der Waals surface area contributed by atoms with E-state index in [1.54, 1.807) is 29.1 Å². The SMILES string of the molecule is C#Cc1cc(N2C(=O)N(C)CC2C(C)C)nc2nc(Nc3ccc(N4CCN(C)CC4)cc3)ncc12. The van der Waals surface area contributed by atoms with E-state index in [-0.39, 0.29) is 18.0 Å². The number of carbonyl (C=O) groups is 1. The Hall–Kier alpha value is -3.90. The molecule has 2 aromatic heterocycles. The van der Waals surface area contributed by atoms with E-state index in [9.17, 15) is 4.79 Å². The molecule has 2 aliphatic rings. The first-order valence-corrected chi connectivity index (χ1v) is 12.3. The van der Waals surface area contributed by atoms with E-state index in [4.69, 9.17) is 11.4 Å². The largest absolute Gasteiger partial charge is 0.369 e. The zero-order valence-electron chi connectivity index (χ0n) is 21.3. The molecular weight excluding hydrogens is 452 g/mol. The van der Waals surface area contributed by atoms with Gasteiger partial charge in [-0.25, -0.2) is 14.8 Å². The molecule has 1 N–H and O–H groups in total. The maximum absolute atomic E-state index is 12.9. The monoisotopic (exact) mass is 484 g/mol. The summed E-state index contributed by atoms with van der Waals surface area (Å²) in [6.45, 7) is 9.03. The predicted molar refractivity (Wildman–Crippen MR) is 144 cm³/mol. The number of fused-ring (bicyclic) bond motifs is 1. The van der Waals surface area contributed by atoms with Crippen LogP contribution in [-0.2, 0) is 0 Å². The van der Waals surface area contributed by atoms with Crippen molar-refractivity contribution in [3.8, 4) is 12.3 Å². The lowest BCUT2D eigenvalue weighted by molar-refractivity contribution is 0.229. The highest BCUT2D eigenvalue weighted by Crippen LogP contribution is 2.30. The van der Waals surface area contributed by atoms with Gasteiger partial charge in [-0.3, -0.25) is 4.90 Å². The van der Waals surface area contributed by atoms with Gasteiger partial charge in [0.25, 0.3) is 0 Å². The fourth-order valence-electron chi connectivity index (χ4n) is 4.79. The highest BCUT2D eigenvalue weighted by atomic mass is 16.2. The van der Waals surface area contributed by atoms with E-state index in [0.717, 1.165) is 31.9 Å². The van der Waals surface area contributed by atoms with Gasteiger partial charge in [0, 0.05) is 62.9 Å². The van der Waals surface area contributed by atoms with Crippen LogP contribution in [0.1, 0.15) is 19.4 Å². The predicted octanol–water partition coefficient (Wildman–Crippen LogP) is 3.40. The molecule has 9 nitrogen and oxygen atoms in total. The molecule has 1 aromatic carbocycles. The Balaban J connectivity index is 1.42. The summed E-state index contributed by atoms with van der Waals surface area (Å²) < 4.78 is 0.